The molecule has 0 spiro atoms. The summed E-state index contributed by atoms with van der Waals surface area (Å²) in [5.41, 5.74) is 0.830. The molecule has 0 unspecified atom stereocenters. The van der Waals surface area contributed by atoms with Crippen molar-refractivity contribution < 1.29 is 13.7 Å². The zero-order chi connectivity index (χ0) is 14.7. The third-order valence-electron chi connectivity index (χ3n) is 2.74. The molecule has 0 amide bonds. The third-order valence-corrected chi connectivity index (χ3v) is 3.03. The minimum atomic E-state index is -0.418. The van der Waals surface area contributed by atoms with Crippen LogP contribution < -0.4 is 4.74 Å². The number of hydrogen-bond acceptors (Lipinski definition) is 4. The molecule has 1 aromatic heterocycles. The maximum absolute atomic E-state index is 12.9. The molecule has 0 aliphatic rings. The first kappa shape index (κ1) is 13.6. The lowest BCUT2D eigenvalue weighted by Crippen LogP contribution is -1.98. The fourth-order valence-corrected chi connectivity index (χ4v) is 1.97. The van der Waals surface area contributed by atoms with Crippen LogP contribution >= 0.6 is 11.6 Å². The van der Waals surface area contributed by atoms with E-state index in [2.05, 4.69) is 10.1 Å². The number of halogens is 2. The van der Waals surface area contributed by atoms with Crippen LogP contribution in [0.1, 0.15) is 5.82 Å². The second-order valence-corrected chi connectivity index (χ2v) is 4.65. The fraction of sp³-hybridized carbons (Fsp3) is 0.0667. The molecule has 106 valence electrons. The molecular weight excluding hydrogens is 295 g/mol. The van der Waals surface area contributed by atoms with Crippen molar-refractivity contribution in [1.29, 1.82) is 0 Å². The monoisotopic (exact) mass is 304 g/mol. The summed E-state index contributed by atoms with van der Waals surface area (Å²) in [7, 11) is 0. The molecule has 2 aromatic carbocycles. The molecule has 0 N–H and O–H groups in total. The molecule has 0 bridgehead atoms. The Morgan fingerprint density at radius 3 is 2.71 bits per heavy atom. The van der Waals surface area contributed by atoms with E-state index < -0.39 is 5.82 Å². The highest BCUT2D eigenvalue weighted by Crippen LogP contribution is 2.25. The van der Waals surface area contributed by atoms with Gasteiger partial charge in [0.15, 0.2) is 6.61 Å². The van der Waals surface area contributed by atoms with Gasteiger partial charge in [-0.05, 0) is 30.3 Å². The van der Waals surface area contributed by atoms with Gasteiger partial charge in [0.1, 0.15) is 11.6 Å². The summed E-state index contributed by atoms with van der Waals surface area (Å²) in [5, 5.41) is 4.02. The van der Waals surface area contributed by atoms with Crippen LogP contribution in [0.4, 0.5) is 4.39 Å². The molecule has 3 aromatic rings. The Morgan fingerprint density at radius 1 is 1.14 bits per heavy atom. The van der Waals surface area contributed by atoms with Gasteiger partial charge in [-0.25, -0.2) is 4.39 Å². The van der Waals surface area contributed by atoms with Crippen molar-refractivity contribution in [3.05, 3.63) is 65.2 Å². The quantitative estimate of drug-likeness (QED) is 0.728. The van der Waals surface area contributed by atoms with Crippen molar-refractivity contribution in [3.8, 4) is 17.2 Å². The topological polar surface area (TPSA) is 48.2 Å². The molecule has 0 saturated heterocycles. The Bertz CT molecular complexity index is 746. The van der Waals surface area contributed by atoms with Gasteiger partial charge in [-0.1, -0.05) is 35.0 Å². The molecule has 0 aliphatic heterocycles. The van der Waals surface area contributed by atoms with Crippen molar-refractivity contribution >= 4 is 11.6 Å². The lowest BCUT2D eigenvalue weighted by atomic mass is 10.2. The van der Waals surface area contributed by atoms with Gasteiger partial charge >= 0.3 is 0 Å². The molecule has 0 radical (unpaired) electrons. The maximum Gasteiger partial charge on any atom is 0.258 e. The summed E-state index contributed by atoms with van der Waals surface area (Å²) < 4.78 is 23.5. The van der Waals surface area contributed by atoms with Crippen molar-refractivity contribution in [3.63, 3.8) is 0 Å². The van der Waals surface area contributed by atoms with Crippen molar-refractivity contribution in [2.45, 2.75) is 6.61 Å². The molecule has 4 nitrogen and oxygen atoms in total. The van der Waals surface area contributed by atoms with Crippen LogP contribution in [0.15, 0.2) is 53.1 Å². The largest absolute Gasteiger partial charge is 0.484 e. The van der Waals surface area contributed by atoms with E-state index in [9.17, 15) is 4.39 Å². The average molecular weight is 305 g/mol. The highest BCUT2D eigenvalue weighted by atomic mass is 35.5. The van der Waals surface area contributed by atoms with E-state index in [0.29, 0.717) is 17.5 Å². The first-order valence-electron chi connectivity index (χ1n) is 6.18. The Labute approximate surface area is 125 Å². The van der Waals surface area contributed by atoms with Crippen LogP contribution in [0.2, 0.25) is 5.02 Å². The second kappa shape index (κ2) is 5.93. The SMILES string of the molecule is Fc1ccc(OCc2noc(-c3ccccc3)n2)c(Cl)c1. The van der Waals surface area contributed by atoms with Gasteiger partial charge in [-0.15, -0.1) is 0 Å². The Kier molecular flexibility index (Phi) is 3.83. The molecule has 21 heavy (non-hydrogen) atoms. The Hall–Kier alpha value is -2.40. The average Bonchev–Trinajstić information content (AvgIpc) is 2.96. The number of benzene rings is 2. The third kappa shape index (κ3) is 3.20. The summed E-state index contributed by atoms with van der Waals surface area (Å²) in [6, 6.07) is 13.3. The summed E-state index contributed by atoms with van der Waals surface area (Å²) in [6.45, 7) is 0.0850. The molecule has 0 saturated carbocycles. The first-order valence-corrected chi connectivity index (χ1v) is 6.56. The fourth-order valence-electron chi connectivity index (χ4n) is 1.75. The van der Waals surface area contributed by atoms with Gasteiger partial charge in [-0.3, -0.25) is 0 Å². The van der Waals surface area contributed by atoms with Crippen LogP contribution in [-0.2, 0) is 6.61 Å². The van der Waals surface area contributed by atoms with E-state index in [1.54, 1.807) is 0 Å². The van der Waals surface area contributed by atoms with Gasteiger partial charge in [0.2, 0.25) is 5.82 Å². The molecule has 0 atom stereocenters. The molecule has 0 aliphatic carbocycles. The lowest BCUT2D eigenvalue weighted by molar-refractivity contribution is 0.287. The minimum absolute atomic E-state index is 0.0850. The molecule has 1 heterocycles. The van der Waals surface area contributed by atoms with Crippen LogP contribution in [-0.4, -0.2) is 10.1 Å². The van der Waals surface area contributed by atoms with Crippen molar-refractivity contribution in [2.75, 3.05) is 0 Å². The van der Waals surface area contributed by atoms with Gasteiger partial charge in [0.25, 0.3) is 5.89 Å². The Balaban J connectivity index is 1.70. The highest BCUT2D eigenvalue weighted by Gasteiger charge is 2.10. The molecule has 6 heteroatoms. The van der Waals surface area contributed by atoms with Crippen molar-refractivity contribution in [2.24, 2.45) is 0 Å². The molecule has 0 fully saturated rings. The Morgan fingerprint density at radius 2 is 1.95 bits per heavy atom. The predicted molar refractivity (Wildman–Crippen MR) is 75.5 cm³/mol. The minimum Gasteiger partial charge on any atom is -0.484 e. The summed E-state index contributed by atoms with van der Waals surface area (Å²) in [5.74, 6) is 0.746. The first-order chi connectivity index (χ1) is 10.2. The predicted octanol–water partition coefficient (Wildman–Crippen LogP) is 4.11. The van der Waals surface area contributed by atoms with Crippen molar-refractivity contribution in [1.82, 2.24) is 10.1 Å². The summed E-state index contributed by atoms with van der Waals surface area (Å²) in [6.07, 6.45) is 0. The van der Waals surface area contributed by atoms with Gasteiger partial charge < -0.3 is 9.26 Å². The lowest BCUT2D eigenvalue weighted by Gasteiger charge is -2.04. The van der Waals surface area contributed by atoms with Crippen LogP contribution in [0.5, 0.6) is 5.75 Å². The number of aromatic nitrogens is 2. The van der Waals surface area contributed by atoms with E-state index >= 15 is 0 Å². The number of hydrogen-bond donors (Lipinski definition) is 0. The molecule has 3 rings (SSSR count). The zero-order valence-electron chi connectivity index (χ0n) is 10.8. The highest BCUT2D eigenvalue weighted by molar-refractivity contribution is 6.32. The van der Waals surface area contributed by atoms with Gasteiger partial charge in [-0.2, -0.15) is 4.98 Å². The normalized spacial score (nSPS) is 10.6. The molecular formula is C15H10ClFN2O2. The van der Waals surface area contributed by atoms with Crippen LogP contribution in [0.25, 0.3) is 11.5 Å². The number of nitrogens with zero attached hydrogens (tertiary/aromatic N) is 2. The summed E-state index contributed by atoms with van der Waals surface area (Å²) in [4.78, 5) is 4.22. The van der Waals surface area contributed by atoms with E-state index in [4.69, 9.17) is 20.9 Å². The van der Waals surface area contributed by atoms with Crippen LogP contribution in [0.3, 0.4) is 0 Å². The zero-order valence-corrected chi connectivity index (χ0v) is 11.5. The standard InChI is InChI=1S/C15H10ClFN2O2/c16-12-8-11(17)6-7-13(12)20-9-14-18-15(21-19-14)10-4-2-1-3-5-10/h1-8H,9H2. The van der Waals surface area contributed by atoms with Crippen LogP contribution in [0, 0.1) is 5.82 Å². The second-order valence-electron chi connectivity index (χ2n) is 4.25. The van der Waals surface area contributed by atoms with E-state index in [1.807, 2.05) is 30.3 Å². The summed E-state index contributed by atoms with van der Waals surface area (Å²) >= 11 is 5.87. The number of ether oxygens (including phenoxy) is 1. The maximum atomic E-state index is 12.9. The van der Waals surface area contributed by atoms with Gasteiger partial charge in [0, 0.05) is 5.56 Å². The van der Waals surface area contributed by atoms with Gasteiger partial charge in [0.05, 0.1) is 5.02 Å². The van der Waals surface area contributed by atoms with E-state index in [1.165, 1.54) is 18.2 Å². The van der Waals surface area contributed by atoms with E-state index in [-0.39, 0.29) is 11.6 Å². The smallest absolute Gasteiger partial charge is 0.258 e. The van der Waals surface area contributed by atoms with E-state index in [0.717, 1.165) is 5.56 Å². The number of rotatable bonds is 4.